The molecule has 4 aromatic rings. The van der Waals surface area contributed by atoms with Crippen molar-refractivity contribution in [2.75, 3.05) is 13.2 Å². The molecule has 5 nitrogen and oxygen atoms in total. The Morgan fingerprint density at radius 3 is 2.64 bits per heavy atom. The van der Waals surface area contributed by atoms with E-state index in [2.05, 4.69) is 67.1 Å². The summed E-state index contributed by atoms with van der Waals surface area (Å²) in [6.07, 6.45) is 5.94. The van der Waals surface area contributed by atoms with Crippen LogP contribution in [0.25, 0.3) is 11.0 Å². The van der Waals surface area contributed by atoms with Crippen molar-refractivity contribution < 1.29 is 9.53 Å². The van der Waals surface area contributed by atoms with Gasteiger partial charge in [0.25, 0.3) is 5.91 Å². The van der Waals surface area contributed by atoms with Gasteiger partial charge in [-0.15, -0.1) is 0 Å². The van der Waals surface area contributed by atoms with E-state index in [4.69, 9.17) is 21.3 Å². The van der Waals surface area contributed by atoms with Crippen molar-refractivity contribution in [2.24, 2.45) is 0 Å². The van der Waals surface area contributed by atoms with Gasteiger partial charge in [-0.1, -0.05) is 62.2 Å². The van der Waals surface area contributed by atoms with Crippen LogP contribution >= 0.6 is 11.6 Å². The number of imidazole rings is 1. The van der Waals surface area contributed by atoms with E-state index in [1.54, 1.807) is 24.3 Å². The fraction of sp³-hybridized carbons (Fsp3) is 0.394. The summed E-state index contributed by atoms with van der Waals surface area (Å²) < 4.78 is 8.59. The van der Waals surface area contributed by atoms with Crippen molar-refractivity contribution in [2.45, 2.75) is 71.8 Å². The number of aromatic nitrogens is 2. The van der Waals surface area contributed by atoms with Crippen molar-refractivity contribution in [3.63, 3.8) is 0 Å². The van der Waals surface area contributed by atoms with Crippen molar-refractivity contribution in [1.82, 2.24) is 14.9 Å². The van der Waals surface area contributed by atoms with E-state index < -0.39 is 0 Å². The first-order valence-corrected chi connectivity index (χ1v) is 14.5. The maximum Gasteiger partial charge on any atom is 0.251 e. The molecule has 206 valence electrons. The standard InChI is InChI=1S/C33H40ClN3O2/c1-24(2)28-18-17-25(3)22-31(28)39-21-10-9-20-37-30-15-7-6-14-29(30)36-32(37)16-5-4-8-19-35-33(38)26-12-11-13-27(34)23-26/h6-7,11-15,17-18,22-24H,4-5,8-10,16,19-21H2,1-3H3,(H,35,38). The summed E-state index contributed by atoms with van der Waals surface area (Å²) in [5, 5.41) is 3.57. The maximum absolute atomic E-state index is 12.3. The Kier molecular flexibility index (Phi) is 10.4. The third-order valence-electron chi connectivity index (χ3n) is 7.01. The highest BCUT2D eigenvalue weighted by Crippen LogP contribution is 2.28. The predicted molar refractivity (Wildman–Crippen MR) is 161 cm³/mol. The quantitative estimate of drug-likeness (QED) is 0.163. The molecule has 0 spiro atoms. The lowest BCUT2D eigenvalue weighted by Gasteiger charge is -2.15. The van der Waals surface area contributed by atoms with Gasteiger partial charge < -0.3 is 14.6 Å². The molecule has 0 saturated heterocycles. The number of hydrogen-bond donors (Lipinski definition) is 1. The Bertz CT molecular complexity index is 1380. The molecule has 0 aliphatic carbocycles. The van der Waals surface area contributed by atoms with Crippen LogP contribution in [-0.4, -0.2) is 28.6 Å². The lowest BCUT2D eigenvalue weighted by Crippen LogP contribution is -2.24. The number of carbonyl (C=O) groups excluding carboxylic acids is 1. The van der Waals surface area contributed by atoms with Gasteiger partial charge in [0.2, 0.25) is 0 Å². The molecule has 6 heteroatoms. The van der Waals surface area contributed by atoms with Gasteiger partial charge in [0.05, 0.1) is 17.6 Å². The second-order valence-electron chi connectivity index (χ2n) is 10.5. The van der Waals surface area contributed by atoms with E-state index in [-0.39, 0.29) is 5.91 Å². The predicted octanol–water partition coefficient (Wildman–Crippen LogP) is 8.12. The monoisotopic (exact) mass is 545 g/mol. The number of nitrogens with one attached hydrogen (secondary N) is 1. The van der Waals surface area contributed by atoms with Crippen molar-refractivity contribution in [3.8, 4) is 5.75 Å². The van der Waals surface area contributed by atoms with Gasteiger partial charge in [0, 0.05) is 30.1 Å². The second kappa shape index (κ2) is 14.2. The van der Waals surface area contributed by atoms with Crippen molar-refractivity contribution >= 4 is 28.5 Å². The molecule has 39 heavy (non-hydrogen) atoms. The molecule has 0 bridgehead atoms. The number of para-hydroxylation sites is 2. The zero-order chi connectivity index (χ0) is 27.6. The molecule has 0 fully saturated rings. The zero-order valence-electron chi connectivity index (χ0n) is 23.4. The molecule has 1 amide bonds. The van der Waals surface area contributed by atoms with Gasteiger partial charge >= 0.3 is 0 Å². The molecule has 3 aromatic carbocycles. The maximum atomic E-state index is 12.3. The summed E-state index contributed by atoms with van der Waals surface area (Å²) in [7, 11) is 0. The van der Waals surface area contributed by atoms with Gasteiger partial charge in [-0.25, -0.2) is 4.98 Å². The molecule has 0 aliphatic heterocycles. The third-order valence-corrected chi connectivity index (χ3v) is 7.24. The zero-order valence-corrected chi connectivity index (χ0v) is 24.1. The summed E-state index contributed by atoms with van der Waals surface area (Å²) in [6, 6.07) is 21.9. The Morgan fingerprint density at radius 1 is 0.974 bits per heavy atom. The first kappa shape index (κ1) is 28.7. The van der Waals surface area contributed by atoms with Crippen LogP contribution in [0.2, 0.25) is 5.02 Å². The molecule has 1 heterocycles. The smallest absolute Gasteiger partial charge is 0.251 e. The average Bonchev–Trinajstić information content (AvgIpc) is 3.27. The SMILES string of the molecule is Cc1ccc(C(C)C)c(OCCCCn2c(CCCCCNC(=O)c3cccc(Cl)c3)nc3ccccc32)c1. The fourth-order valence-corrected chi connectivity index (χ4v) is 5.07. The van der Waals surface area contributed by atoms with Crippen LogP contribution in [0.5, 0.6) is 5.75 Å². The van der Waals surface area contributed by atoms with Crippen LogP contribution in [0.4, 0.5) is 0 Å². The number of ether oxygens (including phenoxy) is 1. The van der Waals surface area contributed by atoms with Crippen LogP contribution in [0.1, 0.15) is 79.2 Å². The highest BCUT2D eigenvalue weighted by atomic mass is 35.5. The molecule has 0 radical (unpaired) electrons. The number of halogens is 1. The van der Waals surface area contributed by atoms with Crippen LogP contribution in [-0.2, 0) is 13.0 Å². The molecule has 0 saturated carbocycles. The minimum Gasteiger partial charge on any atom is -0.493 e. The van der Waals surface area contributed by atoms with Crippen LogP contribution in [0.3, 0.4) is 0 Å². The molecule has 4 rings (SSSR count). The van der Waals surface area contributed by atoms with Crippen LogP contribution in [0, 0.1) is 6.92 Å². The van der Waals surface area contributed by atoms with E-state index in [1.807, 2.05) is 6.07 Å². The average molecular weight is 546 g/mol. The molecule has 1 N–H and O–H groups in total. The number of nitrogens with zero attached hydrogens (tertiary/aromatic N) is 2. The lowest BCUT2D eigenvalue weighted by molar-refractivity contribution is 0.0953. The summed E-state index contributed by atoms with van der Waals surface area (Å²) >= 11 is 5.99. The number of unbranched alkanes of at least 4 members (excludes halogenated alkanes) is 3. The van der Waals surface area contributed by atoms with Gasteiger partial charge in [0.15, 0.2) is 0 Å². The first-order chi connectivity index (χ1) is 18.9. The molecule has 0 aliphatic rings. The van der Waals surface area contributed by atoms with Gasteiger partial charge in [-0.05, 0) is 86.1 Å². The number of amides is 1. The summed E-state index contributed by atoms with van der Waals surface area (Å²) in [5.74, 6) is 2.52. The minimum absolute atomic E-state index is 0.0777. The first-order valence-electron chi connectivity index (χ1n) is 14.1. The number of aryl methyl sites for hydroxylation is 3. The lowest BCUT2D eigenvalue weighted by atomic mass is 10.0. The number of hydrogen-bond acceptors (Lipinski definition) is 3. The van der Waals surface area contributed by atoms with E-state index in [1.165, 1.54) is 16.6 Å². The molecular weight excluding hydrogens is 506 g/mol. The largest absolute Gasteiger partial charge is 0.493 e. The Balaban J connectivity index is 1.24. The number of rotatable bonds is 14. The molecule has 0 atom stereocenters. The van der Waals surface area contributed by atoms with Gasteiger partial charge in [-0.3, -0.25) is 4.79 Å². The number of carbonyl (C=O) groups is 1. The second-order valence-corrected chi connectivity index (χ2v) is 10.9. The van der Waals surface area contributed by atoms with Crippen LogP contribution in [0.15, 0.2) is 66.7 Å². The highest BCUT2D eigenvalue weighted by molar-refractivity contribution is 6.30. The van der Waals surface area contributed by atoms with E-state index in [0.29, 0.717) is 29.7 Å². The van der Waals surface area contributed by atoms with Crippen molar-refractivity contribution in [1.29, 1.82) is 0 Å². The third kappa shape index (κ3) is 8.09. The fourth-order valence-electron chi connectivity index (χ4n) is 4.88. The summed E-state index contributed by atoms with van der Waals surface area (Å²) in [6.45, 7) is 8.83. The number of fused-ring (bicyclic) bond motifs is 1. The summed E-state index contributed by atoms with van der Waals surface area (Å²) in [5.41, 5.74) is 5.35. The molecule has 0 unspecified atom stereocenters. The van der Waals surface area contributed by atoms with E-state index in [9.17, 15) is 4.79 Å². The van der Waals surface area contributed by atoms with E-state index >= 15 is 0 Å². The van der Waals surface area contributed by atoms with Gasteiger partial charge in [0.1, 0.15) is 11.6 Å². The van der Waals surface area contributed by atoms with E-state index in [0.717, 1.165) is 62.2 Å². The molecule has 1 aromatic heterocycles. The van der Waals surface area contributed by atoms with Crippen molar-refractivity contribution in [3.05, 3.63) is 94.3 Å². The highest BCUT2D eigenvalue weighted by Gasteiger charge is 2.11. The molecular formula is C33H40ClN3O2. The normalized spacial score (nSPS) is 11.3. The Hall–Kier alpha value is -3.31. The summed E-state index contributed by atoms with van der Waals surface area (Å²) in [4.78, 5) is 17.2. The minimum atomic E-state index is -0.0777. The van der Waals surface area contributed by atoms with Gasteiger partial charge in [-0.2, -0.15) is 0 Å². The topological polar surface area (TPSA) is 56.1 Å². The number of benzene rings is 3. The Morgan fingerprint density at radius 2 is 1.82 bits per heavy atom. The Labute approximate surface area is 237 Å². The van der Waals surface area contributed by atoms with Crippen LogP contribution < -0.4 is 10.1 Å².